The summed E-state index contributed by atoms with van der Waals surface area (Å²) in [4.78, 5) is 29.5. The normalized spacial score (nSPS) is 15.5. The number of fused-ring (bicyclic) bond motifs is 1. The van der Waals surface area contributed by atoms with Gasteiger partial charge < -0.3 is 10.3 Å². The Labute approximate surface area is 172 Å². The van der Waals surface area contributed by atoms with Gasteiger partial charge in [0.05, 0.1) is 17.6 Å². The Kier molecular flexibility index (Phi) is 5.94. The first-order valence-corrected chi connectivity index (χ1v) is 10.1. The number of aromatic amines is 1. The molecule has 0 spiro atoms. The van der Waals surface area contributed by atoms with Crippen molar-refractivity contribution in [2.75, 3.05) is 26.2 Å². The minimum atomic E-state index is -0.598. The van der Waals surface area contributed by atoms with Crippen molar-refractivity contribution in [3.8, 4) is 0 Å². The number of carbonyl (C=O) groups excluding carboxylic acids is 1. The number of hydrogen-bond acceptors (Lipinski definition) is 3. The van der Waals surface area contributed by atoms with Gasteiger partial charge in [0.25, 0.3) is 0 Å². The summed E-state index contributed by atoms with van der Waals surface area (Å²) in [7, 11) is 0. The van der Waals surface area contributed by atoms with Gasteiger partial charge in [0.2, 0.25) is 5.91 Å². The average Bonchev–Trinajstić information content (AvgIpc) is 3.06. The lowest BCUT2D eigenvalue weighted by molar-refractivity contribution is -0.122. The molecule has 8 heteroatoms. The molecule has 0 radical (unpaired) electrons. The Bertz CT molecular complexity index is 1080. The first-order chi connectivity index (χ1) is 14.5. The molecule has 0 aliphatic carbocycles. The van der Waals surface area contributed by atoms with Crippen LogP contribution in [-0.2, 0) is 11.2 Å². The molecule has 6 nitrogen and oxygen atoms in total. The van der Waals surface area contributed by atoms with E-state index in [2.05, 4.69) is 10.3 Å². The number of hydrogen-bond donors (Lipinski definition) is 2. The number of imidazole rings is 1. The molecule has 4 rings (SSSR count). The zero-order chi connectivity index (χ0) is 21.1. The highest BCUT2D eigenvalue weighted by Crippen LogP contribution is 2.24. The lowest BCUT2D eigenvalue weighted by Crippen LogP contribution is -2.43. The summed E-state index contributed by atoms with van der Waals surface area (Å²) in [6, 6.07) is 11.5. The van der Waals surface area contributed by atoms with Crippen LogP contribution in [0.3, 0.4) is 0 Å². The van der Waals surface area contributed by atoms with E-state index in [1.165, 1.54) is 18.2 Å². The SMILES string of the molecule is O=C(CN1CCC(n2c(=O)[nH]c3ccccc32)CC1)NCCc1c(F)cccc1F. The van der Waals surface area contributed by atoms with Crippen molar-refractivity contribution in [1.29, 1.82) is 0 Å². The number of aromatic nitrogens is 2. The average molecular weight is 414 g/mol. The van der Waals surface area contributed by atoms with Crippen LogP contribution < -0.4 is 11.0 Å². The standard InChI is InChI=1S/C22H24F2N4O2/c23-17-4-3-5-18(24)16(17)8-11-25-21(29)14-27-12-9-15(10-13-27)28-20-7-2-1-6-19(20)26-22(28)30/h1-7,15H,8-14H2,(H,25,29)(H,26,30). The van der Waals surface area contributed by atoms with Gasteiger partial charge in [-0.25, -0.2) is 13.6 Å². The summed E-state index contributed by atoms with van der Waals surface area (Å²) in [5.74, 6) is -1.37. The van der Waals surface area contributed by atoms with Gasteiger partial charge in [-0.3, -0.25) is 14.3 Å². The third kappa shape index (κ3) is 4.28. The summed E-state index contributed by atoms with van der Waals surface area (Å²) in [5, 5.41) is 2.73. The van der Waals surface area contributed by atoms with Crippen molar-refractivity contribution in [2.45, 2.75) is 25.3 Å². The van der Waals surface area contributed by atoms with Crippen LogP contribution in [0.4, 0.5) is 8.78 Å². The largest absolute Gasteiger partial charge is 0.355 e. The monoisotopic (exact) mass is 414 g/mol. The summed E-state index contributed by atoms with van der Waals surface area (Å²) < 4.78 is 29.1. The molecule has 1 saturated heterocycles. The second-order valence-corrected chi connectivity index (χ2v) is 7.62. The first-order valence-electron chi connectivity index (χ1n) is 10.1. The van der Waals surface area contributed by atoms with Crippen LogP contribution in [0.1, 0.15) is 24.4 Å². The zero-order valence-corrected chi connectivity index (χ0v) is 16.5. The number of likely N-dealkylation sites (tertiary alicyclic amines) is 1. The molecule has 1 fully saturated rings. The molecule has 30 heavy (non-hydrogen) atoms. The fourth-order valence-corrected chi connectivity index (χ4v) is 4.13. The number of amides is 1. The Balaban J connectivity index is 1.27. The van der Waals surface area contributed by atoms with Gasteiger partial charge in [0.15, 0.2) is 0 Å². The van der Waals surface area contributed by atoms with E-state index in [1.54, 1.807) is 0 Å². The van der Waals surface area contributed by atoms with E-state index < -0.39 is 11.6 Å². The maximum atomic E-state index is 13.6. The zero-order valence-electron chi connectivity index (χ0n) is 16.5. The number of para-hydroxylation sites is 2. The van der Waals surface area contributed by atoms with Gasteiger partial charge in [-0.05, 0) is 43.5 Å². The minimum Gasteiger partial charge on any atom is -0.355 e. The number of rotatable bonds is 6. The number of piperidine rings is 1. The molecule has 0 unspecified atom stereocenters. The lowest BCUT2D eigenvalue weighted by Gasteiger charge is -2.32. The molecule has 2 heterocycles. The minimum absolute atomic E-state index is 0.0113. The molecular weight excluding hydrogens is 390 g/mol. The van der Waals surface area contributed by atoms with Crippen LogP contribution >= 0.6 is 0 Å². The smallest absolute Gasteiger partial charge is 0.326 e. The fraction of sp³-hybridized carbons (Fsp3) is 0.364. The quantitative estimate of drug-likeness (QED) is 0.652. The third-order valence-corrected chi connectivity index (χ3v) is 5.67. The van der Waals surface area contributed by atoms with Crippen LogP contribution in [0, 0.1) is 11.6 Å². The number of nitrogens with zero attached hydrogens (tertiary/aromatic N) is 2. The highest BCUT2D eigenvalue weighted by atomic mass is 19.1. The van der Waals surface area contributed by atoms with Crippen molar-refractivity contribution in [1.82, 2.24) is 19.8 Å². The first kappa shape index (κ1) is 20.3. The van der Waals surface area contributed by atoms with Crippen molar-refractivity contribution in [3.63, 3.8) is 0 Å². The van der Waals surface area contributed by atoms with Gasteiger partial charge in [0.1, 0.15) is 11.6 Å². The van der Waals surface area contributed by atoms with Gasteiger partial charge in [-0.1, -0.05) is 18.2 Å². The highest BCUT2D eigenvalue weighted by Gasteiger charge is 2.24. The maximum Gasteiger partial charge on any atom is 0.326 e. The molecular formula is C22H24F2N4O2. The van der Waals surface area contributed by atoms with E-state index in [9.17, 15) is 18.4 Å². The van der Waals surface area contributed by atoms with Crippen molar-refractivity contribution < 1.29 is 13.6 Å². The predicted octanol–water partition coefficient (Wildman–Crippen LogP) is 2.60. The molecule has 158 valence electrons. The van der Waals surface area contributed by atoms with Crippen molar-refractivity contribution in [3.05, 3.63) is 70.1 Å². The van der Waals surface area contributed by atoms with Crippen molar-refractivity contribution >= 4 is 16.9 Å². The molecule has 1 amide bonds. The van der Waals surface area contributed by atoms with E-state index in [4.69, 9.17) is 0 Å². The highest BCUT2D eigenvalue weighted by molar-refractivity contribution is 5.78. The summed E-state index contributed by atoms with van der Waals surface area (Å²) in [6.45, 7) is 1.81. The molecule has 0 saturated carbocycles. The van der Waals surface area contributed by atoms with E-state index >= 15 is 0 Å². The second-order valence-electron chi connectivity index (χ2n) is 7.62. The fourth-order valence-electron chi connectivity index (χ4n) is 4.13. The van der Waals surface area contributed by atoms with E-state index in [-0.39, 0.29) is 42.7 Å². The maximum absolute atomic E-state index is 13.6. The van der Waals surface area contributed by atoms with Crippen LogP contribution in [0.25, 0.3) is 11.0 Å². The Hall–Kier alpha value is -3.00. The number of carbonyl (C=O) groups is 1. The molecule has 3 aromatic rings. The van der Waals surface area contributed by atoms with Crippen LogP contribution in [0.15, 0.2) is 47.3 Å². The summed E-state index contributed by atoms with van der Waals surface area (Å²) in [6.07, 6.45) is 1.65. The van der Waals surface area contributed by atoms with E-state index in [0.29, 0.717) is 13.1 Å². The lowest BCUT2D eigenvalue weighted by atomic mass is 10.0. The Morgan fingerprint density at radius 3 is 2.50 bits per heavy atom. The van der Waals surface area contributed by atoms with Gasteiger partial charge in [-0.2, -0.15) is 0 Å². The summed E-state index contributed by atoms with van der Waals surface area (Å²) in [5.41, 5.74) is 1.62. The van der Waals surface area contributed by atoms with Crippen LogP contribution in [0.5, 0.6) is 0 Å². The van der Waals surface area contributed by atoms with Gasteiger partial charge in [0, 0.05) is 31.2 Å². The molecule has 1 aliphatic heterocycles. The molecule has 2 aromatic carbocycles. The Morgan fingerprint density at radius 2 is 1.77 bits per heavy atom. The van der Waals surface area contributed by atoms with Crippen LogP contribution in [-0.4, -0.2) is 46.5 Å². The van der Waals surface area contributed by atoms with Crippen molar-refractivity contribution in [2.24, 2.45) is 0 Å². The predicted molar refractivity (Wildman–Crippen MR) is 110 cm³/mol. The number of benzene rings is 2. The number of halogens is 2. The third-order valence-electron chi connectivity index (χ3n) is 5.67. The van der Waals surface area contributed by atoms with E-state index in [0.717, 1.165) is 23.9 Å². The molecule has 1 aromatic heterocycles. The number of nitrogens with one attached hydrogen (secondary N) is 2. The summed E-state index contributed by atoms with van der Waals surface area (Å²) >= 11 is 0. The molecule has 2 N–H and O–H groups in total. The van der Waals surface area contributed by atoms with E-state index in [1.807, 2.05) is 33.7 Å². The molecule has 1 aliphatic rings. The molecule has 0 bridgehead atoms. The number of H-pyrrole nitrogens is 1. The second kappa shape index (κ2) is 8.79. The molecule has 0 atom stereocenters. The van der Waals surface area contributed by atoms with Gasteiger partial charge in [-0.15, -0.1) is 0 Å². The topological polar surface area (TPSA) is 70.1 Å². The van der Waals surface area contributed by atoms with Gasteiger partial charge >= 0.3 is 5.69 Å². The Morgan fingerprint density at radius 1 is 1.07 bits per heavy atom. The van der Waals surface area contributed by atoms with Crippen LogP contribution in [0.2, 0.25) is 0 Å².